The maximum absolute atomic E-state index is 9.12. The van der Waals surface area contributed by atoms with Crippen molar-refractivity contribution in [2.75, 3.05) is 6.54 Å². The molecule has 2 unspecified atom stereocenters. The smallest absolute Gasteiger partial charge is 0.182 e. The highest BCUT2D eigenvalue weighted by molar-refractivity contribution is 4.83. The molecular weight excluding hydrogens is 148 g/mol. The summed E-state index contributed by atoms with van der Waals surface area (Å²) in [6.07, 6.45) is -1.91. The summed E-state index contributed by atoms with van der Waals surface area (Å²) in [5, 5.41) is 18.2. The van der Waals surface area contributed by atoms with Crippen molar-refractivity contribution in [3.63, 3.8) is 0 Å². The van der Waals surface area contributed by atoms with Crippen LogP contribution < -0.4 is 11.5 Å². The van der Waals surface area contributed by atoms with Gasteiger partial charge in [-0.2, -0.15) is 0 Å². The van der Waals surface area contributed by atoms with Crippen molar-refractivity contribution in [3.05, 3.63) is 0 Å². The lowest BCUT2D eigenvalue weighted by Gasteiger charge is -2.34. The molecule has 6 N–H and O–H groups in total. The van der Waals surface area contributed by atoms with Gasteiger partial charge in [0.15, 0.2) is 6.29 Å². The molecule has 1 rings (SSSR count). The van der Waals surface area contributed by atoms with Gasteiger partial charge in [0.1, 0.15) is 6.10 Å². The van der Waals surface area contributed by atoms with Gasteiger partial charge in [-0.05, 0) is 6.42 Å². The van der Waals surface area contributed by atoms with Crippen LogP contribution in [0.1, 0.15) is 6.42 Å². The second kappa shape index (κ2) is 3.46. The van der Waals surface area contributed by atoms with E-state index in [4.69, 9.17) is 26.4 Å². The average Bonchev–Trinajstić information content (AvgIpc) is 1.99. The van der Waals surface area contributed by atoms with Crippen LogP contribution in [0.25, 0.3) is 0 Å². The van der Waals surface area contributed by atoms with Crippen LogP contribution in [-0.4, -0.2) is 41.3 Å². The van der Waals surface area contributed by atoms with Gasteiger partial charge in [-0.1, -0.05) is 0 Å². The fourth-order valence-electron chi connectivity index (χ4n) is 1.14. The molecule has 1 saturated heterocycles. The maximum Gasteiger partial charge on any atom is 0.182 e. The zero-order chi connectivity index (χ0) is 8.43. The molecule has 0 saturated carbocycles. The van der Waals surface area contributed by atoms with Crippen molar-refractivity contribution < 1.29 is 14.9 Å². The molecule has 4 atom stereocenters. The molecule has 1 aliphatic heterocycles. The molecule has 1 aliphatic rings. The second-order valence-electron chi connectivity index (χ2n) is 2.77. The van der Waals surface area contributed by atoms with E-state index >= 15 is 0 Å². The number of aliphatic hydroxyl groups excluding tert-OH is 2. The minimum atomic E-state index is -1.19. The summed E-state index contributed by atoms with van der Waals surface area (Å²) in [6.45, 7) is 0.317. The summed E-state index contributed by atoms with van der Waals surface area (Å²) in [6, 6.07) is -0.438. The quantitative estimate of drug-likeness (QED) is 0.348. The fraction of sp³-hybridized carbons (Fsp3) is 1.00. The first-order chi connectivity index (χ1) is 5.15. The third-order valence-corrected chi connectivity index (χ3v) is 1.86. The lowest BCUT2D eigenvalue weighted by Crippen LogP contribution is -2.53. The zero-order valence-electron chi connectivity index (χ0n) is 6.18. The molecule has 1 fully saturated rings. The molecule has 0 bridgehead atoms. The van der Waals surface area contributed by atoms with Gasteiger partial charge >= 0.3 is 0 Å². The number of hydrogen-bond donors (Lipinski definition) is 4. The summed E-state index contributed by atoms with van der Waals surface area (Å²) < 4.78 is 4.92. The summed E-state index contributed by atoms with van der Waals surface area (Å²) in [7, 11) is 0. The van der Waals surface area contributed by atoms with Gasteiger partial charge in [0.05, 0.1) is 6.10 Å². The van der Waals surface area contributed by atoms with E-state index in [0.717, 1.165) is 0 Å². The molecule has 5 nitrogen and oxygen atoms in total. The minimum Gasteiger partial charge on any atom is -0.386 e. The summed E-state index contributed by atoms with van der Waals surface area (Å²) in [4.78, 5) is 0. The highest BCUT2D eigenvalue weighted by Gasteiger charge is 2.33. The Morgan fingerprint density at radius 2 is 2.09 bits per heavy atom. The number of nitrogens with two attached hydrogens (primary N) is 2. The van der Waals surface area contributed by atoms with Crippen molar-refractivity contribution in [2.45, 2.75) is 31.0 Å². The lowest BCUT2D eigenvalue weighted by atomic mass is 10.0. The first-order valence-electron chi connectivity index (χ1n) is 3.62. The average molecular weight is 162 g/mol. The highest BCUT2D eigenvalue weighted by Crippen LogP contribution is 2.16. The van der Waals surface area contributed by atoms with E-state index in [0.29, 0.717) is 13.0 Å². The lowest BCUT2D eigenvalue weighted by molar-refractivity contribution is -0.218. The van der Waals surface area contributed by atoms with Crippen LogP contribution in [0.2, 0.25) is 0 Å². The van der Waals surface area contributed by atoms with E-state index in [1.54, 1.807) is 0 Å². The number of rotatable bonds is 1. The SMILES string of the molecule is NC[C@@H]1CC(N)C(O)[C@H](O)O1. The Kier molecular flexibility index (Phi) is 2.80. The maximum atomic E-state index is 9.12. The molecule has 0 aliphatic carbocycles. The highest BCUT2D eigenvalue weighted by atomic mass is 16.6. The molecule has 0 aromatic heterocycles. The molecular formula is C6H14N2O3. The van der Waals surface area contributed by atoms with Gasteiger partial charge in [0.25, 0.3) is 0 Å². The van der Waals surface area contributed by atoms with Gasteiger partial charge < -0.3 is 26.4 Å². The molecule has 1 heterocycles. The van der Waals surface area contributed by atoms with E-state index < -0.39 is 18.4 Å². The van der Waals surface area contributed by atoms with Crippen LogP contribution in [0.15, 0.2) is 0 Å². The Morgan fingerprint density at radius 3 is 2.55 bits per heavy atom. The summed E-state index contributed by atoms with van der Waals surface area (Å²) in [5.74, 6) is 0. The van der Waals surface area contributed by atoms with Crippen LogP contribution in [-0.2, 0) is 4.74 Å². The number of aliphatic hydroxyl groups is 2. The van der Waals surface area contributed by atoms with Crippen LogP contribution in [0, 0.1) is 0 Å². The normalized spacial score (nSPS) is 45.8. The van der Waals surface area contributed by atoms with Crippen LogP contribution in [0.3, 0.4) is 0 Å². The largest absolute Gasteiger partial charge is 0.386 e. The van der Waals surface area contributed by atoms with Gasteiger partial charge in [0.2, 0.25) is 0 Å². The monoisotopic (exact) mass is 162 g/mol. The molecule has 0 amide bonds. The van der Waals surface area contributed by atoms with Crippen molar-refractivity contribution in [1.29, 1.82) is 0 Å². The van der Waals surface area contributed by atoms with Crippen molar-refractivity contribution in [1.82, 2.24) is 0 Å². The molecule has 0 aromatic rings. The molecule has 5 heteroatoms. The van der Waals surface area contributed by atoms with Crippen LogP contribution in [0.4, 0.5) is 0 Å². The number of hydrogen-bond acceptors (Lipinski definition) is 5. The van der Waals surface area contributed by atoms with Crippen LogP contribution >= 0.6 is 0 Å². The van der Waals surface area contributed by atoms with E-state index in [2.05, 4.69) is 0 Å². The van der Waals surface area contributed by atoms with E-state index in [1.807, 2.05) is 0 Å². The predicted molar refractivity (Wildman–Crippen MR) is 38.5 cm³/mol. The first kappa shape index (κ1) is 8.89. The van der Waals surface area contributed by atoms with Crippen molar-refractivity contribution in [3.8, 4) is 0 Å². The Balaban J connectivity index is 2.47. The topological polar surface area (TPSA) is 102 Å². The van der Waals surface area contributed by atoms with Gasteiger partial charge in [0, 0.05) is 12.6 Å². The van der Waals surface area contributed by atoms with Crippen LogP contribution in [0.5, 0.6) is 0 Å². The Bertz CT molecular complexity index is 121. The van der Waals surface area contributed by atoms with E-state index in [9.17, 15) is 0 Å². The molecule has 11 heavy (non-hydrogen) atoms. The Labute approximate surface area is 64.9 Å². The molecule has 0 aromatic carbocycles. The van der Waals surface area contributed by atoms with Crippen molar-refractivity contribution >= 4 is 0 Å². The summed E-state index contributed by atoms with van der Waals surface area (Å²) >= 11 is 0. The minimum absolute atomic E-state index is 0.233. The Hall–Kier alpha value is -0.200. The first-order valence-corrected chi connectivity index (χ1v) is 3.62. The third-order valence-electron chi connectivity index (χ3n) is 1.86. The third kappa shape index (κ3) is 1.88. The Morgan fingerprint density at radius 1 is 1.45 bits per heavy atom. The number of ether oxygens (including phenoxy) is 1. The standard InChI is InChI=1S/C6H14N2O3/c7-2-3-1-4(8)5(9)6(10)11-3/h3-6,9-10H,1-2,7-8H2/t3-,4?,5?,6+/m0/s1. The summed E-state index contributed by atoms with van der Waals surface area (Å²) in [5.41, 5.74) is 10.8. The fourth-order valence-corrected chi connectivity index (χ4v) is 1.14. The van der Waals surface area contributed by atoms with Gasteiger partial charge in [-0.25, -0.2) is 0 Å². The molecule has 0 spiro atoms. The van der Waals surface area contributed by atoms with Crippen molar-refractivity contribution in [2.24, 2.45) is 11.5 Å². The van der Waals surface area contributed by atoms with E-state index in [1.165, 1.54) is 0 Å². The zero-order valence-corrected chi connectivity index (χ0v) is 6.18. The van der Waals surface area contributed by atoms with Gasteiger partial charge in [-0.3, -0.25) is 0 Å². The molecule has 66 valence electrons. The van der Waals surface area contributed by atoms with E-state index in [-0.39, 0.29) is 6.10 Å². The van der Waals surface area contributed by atoms with Gasteiger partial charge in [-0.15, -0.1) is 0 Å². The second-order valence-corrected chi connectivity index (χ2v) is 2.77. The predicted octanol–water partition coefficient (Wildman–Crippen LogP) is -2.26. The molecule has 0 radical (unpaired) electrons.